The zero-order valence-corrected chi connectivity index (χ0v) is 25.9. The summed E-state index contributed by atoms with van der Waals surface area (Å²) in [5.74, 6) is -0.0485. The first kappa shape index (κ1) is 31.1. The first-order valence-electron chi connectivity index (χ1n) is 14.4. The largest absolute Gasteiger partial charge is 0.497 e. The third-order valence-electron chi connectivity index (χ3n) is 7.89. The van der Waals surface area contributed by atoms with E-state index in [1.54, 1.807) is 56.5 Å². The number of rotatable bonds is 11. The van der Waals surface area contributed by atoms with Crippen molar-refractivity contribution in [3.8, 4) is 5.75 Å². The van der Waals surface area contributed by atoms with Crippen molar-refractivity contribution in [2.24, 2.45) is 0 Å². The van der Waals surface area contributed by atoms with E-state index in [4.69, 9.17) is 4.74 Å². The van der Waals surface area contributed by atoms with E-state index in [-0.39, 0.29) is 23.4 Å². The average molecular weight is 592 g/mol. The smallest absolute Gasteiger partial charge is 0.264 e. The summed E-state index contributed by atoms with van der Waals surface area (Å²) in [6, 6.07) is 18.6. The van der Waals surface area contributed by atoms with E-state index in [2.05, 4.69) is 5.32 Å². The molecule has 42 heavy (non-hydrogen) atoms. The van der Waals surface area contributed by atoms with Crippen LogP contribution in [0.2, 0.25) is 0 Å². The molecule has 0 unspecified atom stereocenters. The van der Waals surface area contributed by atoms with Gasteiger partial charge in [0.05, 0.1) is 17.7 Å². The lowest BCUT2D eigenvalue weighted by Gasteiger charge is -2.33. The van der Waals surface area contributed by atoms with E-state index >= 15 is 0 Å². The number of methoxy groups -OCH3 is 1. The predicted octanol–water partition coefficient (Wildman–Crippen LogP) is 5.29. The molecule has 0 radical (unpaired) electrons. The molecule has 3 aromatic rings. The minimum Gasteiger partial charge on any atom is -0.497 e. The van der Waals surface area contributed by atoms with Crippen LogP contribution in [0, 0.1) is 20.8 Å². The lowest BCUT2D eigenvalue weighted by Crippen LogP contribution is -2.52. The SMILES string of the molecule is COc1ccc(CN(C(=O)CN(c2ccc(C)cc2C)S(=O)(=O)c2ccc(C)cc2)[C@@H](C)C(=O)NC2CCCC2)cc1. The van der Waals surface area contributed by atoms with Crippen LogP contribution in [0.1, 0.15) is 54.9 Å². The summed E-state index contributed by atoms with van der Waals surface area (Å²) in [6.45, 7) is 7.02. The molecule has 4 rings (SSSR count). The Morgan fingerprint density at radius 2 is 1.55 bits per heavy atom. The van der Waals surface area contributed by atoms with Crippen LogP contribution in [-0.2, 0) is 26.2 Å². The summed E-state index contributed by atoms with van der Waals surface area (Å²) in [5.41, 5.74) is 3.85. The quantitative estimate of drug-likeness (QED) is 0.327. The molecular weight excluding hydrogens is 550 g/mol. The monoisotopic (exact) mass is 591 g/mol. The maximum absolute atomic E-state index is 14.2. The normalized spacial score (nSPS) is 14.3. The Bertz CT molecular complexity index is 1500. The average Bonchev–Trinajstić information content (AvgIpc) is 3.48. The van der Waals surface area contributed by atoms with Crippen LogP contribution in [0.25, 0.3) is 0 Å². The van der Waals surface area contributed by atoms with Gasteiger partial charge in [0.15, 0.2) is 0 Å². The van der Waals surface area contributed by atoms with Crippen LogP contribution in [0.15, 0.2) is 71.6 Å². The molecule has 1 aliphatic carbocycles. The summed E-state index contributed by atoms with van der Waals surface area (Å²) in [5, 5.41) is 3.10. The molecule has 2 amide bonds. The molecule has 0 bridgehead atoms. The Morgan fingerprint density at radius 3 is 2.14 bits per heavy atom. The van der Waals surface area contributed by atoms with Crippen molar-refractivity contribution in [1.82, 2.24) is 10.2 Å². The van der Waals surface area contributed by atoms with Crippen molar-refractivity contribution >= 4 is 27.5 Å². The fourth-order valence-corrected chi connectivity index (χ4v) is 6.82. The molecule has 1 N–H and O–H groups in total. The molecule has 1 fully saturated rings. The van der Waals surface area contributed by atoms with Crippen molar-refractivity contribution in [3.63, 3.8) is 0 Å². The van der Waals surface area contributed by atoms with Crippen molar-refractivity contribution in [2.75, 3.05) is 18.0 Å². The molecule has 1 atom stereocenters. The fraction of sp³-hybridized carbons (Fsp3) is 0.394. The summed E-state index contributed by atoms with van der Waals surface area (Å²) >= 11 is 0. The van der Waals surface area contributed by atoms with E-state index in [9.17, 15) is 18.0 Å². The summed E-state index contributed by atoms with van der Waals surface area (Å²) < 4.78 is 34.6. The molecule has 0 aliphatic heterocycles. The minimum atomic E-state index is -4.11. The van der Waals surface area contributed by atoms with Gasteiger partial charge >= 0.3 is 0 Å². The number of nitrogens with zero attached hydrogens (tertiary/aromatic N) is 2. The van der Waals surface area contributed by atoms with Gasteiger partial charge in [0.1, 0.15) is 18.3 Å². The molecule has 1 aliphatic rings. The van der Waals surface area contributed by atoms with E-state index < -0.39 is 28.5 Å². The molecule has 0 heterocycles. The second kappa shape index (κ2) is 13.4. The zero-order chi connectivity index (χ0) is 30.4. The first-order chi connectivity index (χ1) is 20.0. The number of benzene rings is 3. The van der Waals surface area contributed by atoms with Gasteiger partial charge in [-0.3, -0.25) is 13.9 Å². The maximum Gasteiger partial charge on any atom is 0.264 e. The molecule has 3 aromatic carbocycles. The lowest BCUT2D eigenvalue weighted by atomic mass is 10.1. The molecule has 9 heteroatoms. The van der Waals surface area contributed by atoms with Crippen molar-refractivity contribution < 1.29 is 22.7 Å². The highest BCUT2D eigenvalue weighted by Gasteiger charge is 2.34. The van der Waals surface area contributed by atoms with Crippen LogP contribution in [0.3, 0.4) is 0 Å². The van der Waals surface area contributed by atoms with Crippen LogP contribution in [-0.4, -0.2) is 50.9 Å². The summed E-state index contributed by atoms with van der Waals surface area (Å²) in [4.78, 5) is 29.1. The Labute approximate surface area is 249 Å². The Balaban J connectivity index is 1.70. The molecule has 0 saturated heterocycles. The predicted molar refractivity (Wildman–Crippen MR) is 165 cm³/mol. The Hall–Kier alpha value is -3.85. The van der Waals surface area contributed by atoms with Crippen LogP contribution in [0.5, 0.6) is 5.75 Å². The number of aryl methyl sites for hydroxylation is 3. The number of hydrogen-bond acceptors (Lipinski definition) is 5. The molecular formula is C33H41N3O5S. The topological polar surface area (TPSA) is 96.0 Å². The van der Waals surface area contributed by atoms with Gasteiger partial charge in [-0.15, -0.1) is 0 Å². The highest BCUT2D eigenvalue weighted by molar-refractivity contribution is 7.92. The van der Waals surface area contributed by atoms with Crippen molar-refractivity contribution in [1.29, 1.82) is 0 Å². The van der Waals surface area contributed by atoms with E-state index in [0.717, 1.165) is 52.2 Å². The number of sulfonamides is 1. The maximum atomic E-state index is 14.2. The molecule has 1 saturated carbocycles. The van der Waals surface area contributed by atoms with Crippen LogP contribution in [0.4, 0.5) is 5.69 Å². The van der Waals surface area contributed by atoms with Gasteiger partial charge in [-0.1, -0.05) is 60.4 Å². The van der Waals surface area contributed by atoms with Crippen molar-refractivity contribution in [2.45, 2.75) is 76.9 Å². The first-order valence-corrected chi connectivity index (χ1v) is 15.8. The third-order valence-corrected chi connectivity index (χ3v) is 9.66. The van der Waals surface area contributed by atoms with Gasteiger partial charge < -0.3 is 15.0 Å². The highest BCUT2D eigenvalue weighted by atomic mass is 32.2. The zero-order valence-electron chi connectivity index (χ0n) is 25.1. The molecule has 0 spiro atoms. The summed E-state index contributed by atoms with van der Waals surface area (Å²) in [6.07, 6.45) is 3.96. The fourth-order valence-electron chi connectivity index (χ4n) is 5.34. The van der Waals surface area contributed by atoms with Gasteiger partial charge in [-0.2, -0.15) is 0 Å². The number of carbonyl (C=O) groups excluding carboxylic acids is 2. The van der Waals surface area contributed by atoms with E-state index in [1.165, 1.54) is 4.90 Å². The van der Waals surface area contributed by atoms with E-state index in [0.29, 0.717) is 11.4 Å². The number of hydrogen-bond donors (Lipinski definition) is 1. The second-order valence-electron chi connectivity index (χ2n) is 11.2. The Morgan fingerprint density at radius 1 is 0.929 bits per heavy atom. The van der Waals surface area contributed by atoms with Gasteiger partial charge in [0.2, 0.25) is 11.8 Å². The molecule has 8 nitrogen and oxygen atoms in total. The summed E-state index contributed by atoms with van der Waals surface area (Å²) in [7, 11) is -2.53. The minimum absolute atomic E-state index is 0.0894. The van der Waals surface area contributed by atoms with Gasteiger partial charge in [-0.05, 0) is 82.0 Å². The van der Waals surface area contributed by atoms with Crippen LogP contribution < -0.4 is 14.4 Å². The van der Waals surface area contributed by atoms with E-state index in [1.807, 2.05) is 45.0 Å². The lowest BCUT2D eigenvalue weighted by molar-refractivity contribution is -0.139. The standard InChI is InChI=1S/C33H41N3O5S/c1-23-10-17-30(18-11-23)42(39,40)36(31-19-12-24(2)20-25(31)3)22-32(37)35(21-27-13-15-29(41-5)16-14-27)26(4)33(38)34-28-8-6-7-9-28/h10-20,26,28H,6-9,21-22H2,1-5H3,(H,34,38)/t26-/m0/s1. The molecule has 0 aromatic heterocycles. The number of amides is 2. The van der Waals surface area contributed by atoms with Gasteiger partial charge in [0.25, 0.3) is 10.0 Å². The van der Waals surface area contributed by atoms with Gasteiger partial charge in [-0.25, -0.2) is 8.42 Å². The second-order valence-corrected chi connectivity index (χ2v) is 13.0. The third kappa shape index (κ3) is 7.31. The van der Waals surface area contributed by atoms with Crippen molar-refractivity contribution in [3.05, 3.63) is 89.0 Å². The Kier molecular flexibility index (Phi) is 9.93. The number of anilines is 1. The van der Waals surface area contributed by atoms with Crippen LogP contribution >= 0.6 is 0 Å². The molecule has 224 valence electrons. The van der Waals surface area contributed by atoms with Gasteiger partial charge in [0, 0.05) is 12.6 Å². The highest BCUT2D eigenvalue weighted by Crippen LogP contribution is 2.29. The number of nitrogens with one attached hydrogen (secondary N) is 1. The number of ether oxygens (including phenoxy) is 1. The number of carbonyl (C=O) groups is 2.